The Balaban J connectivity index is 1.45. The first-order chi connectivity index (χ1) is 13.1. The van der Waals surface area contributed by atoms with E-state index in [1.807, 2.05) is 19.3 Å². The third kappa shape index (κ3) is 2.89. The Morgan fingerprint density at radius 3 is 2.48 bits per heavy atom. The van der Waals surface area contributed by atoms with Crippen molar-refractivity contribution in [1.82, 2.24) is 19.6 Å². The molecule has 2 bridgehead atoms. The van der Waals surface area contributed by atoms with Gasteiger partial charge in [-0.2, -0.15) is 5.10 Å². The molecule has 1 amide bonds. The Hall–Kier alpha value is -2.14. The summed E-state index contributed by atoms with van der Waals surface area (Å²) in [4.78, 5) is 18.1. The second-order valence-corrected chi connectivity index (χ2v) is 8.63. The number of aryl methyl sites for hydroxylation is 2. The van der Waals surface area contributed by atoms with Crippen LogP contribution in [-0.4, -0.2) is 57.2 Å². The van der Waals surface area contributed by atoms with Crippen LogP contribution in [0, 0.1) is 19.8 Å². The molecule has 0 unspecified atom stereocenters. The van der Waals surface area contributed by atoms with Crippen LogP contribution in [0.2, 0.25) is 0 Å². The predicted octanol–water partition coefficient (Wildman–Crippen LogP) is 2.59. The number of hydrogen-bond donors (Lipinski definition) is 0. The van der Waals surface area contributed by atoms with Gasteiger partial charge in [0.15, 0.2) is 0 Å². The van der Waals surface area contributed by atoms with E-state index in [4.69, 9.17) is 0 Å². The number of hydrogen-bond acceptors (Lipinski definition) is 3. The van der Waals surface area contributed by atoms with Crippen LogP contribution >= 0.6 is 0 Å². The van der Waals surface area contributed by atoms with Crippen LogP contribution in [0.5, 0.6) is 0 Å². The zero-order chi connectivity index (χ0) is 18.5. The van der Waals surface area contributed by atoms with Crippen molar-refractivity contribution in [3.63, 3.8) is 0 Å². The van der Waals surface area contributed by atoms with E-state index in [0.717, 1.165) is 12.1 Å². The van der Waals surface area contributed by atoms with Gasteiger partial charge in [-0.3, -0.25) is 14.4 Å². The molecule has 4 saturated heterocycles. The number of carbonyl (C=O) groups is 1. The molecule has 4 aliphatic rings. The van der Waals surface area contributed by atoms with E-state index in [0.29, 0.717) is 30.5 Å². The highest BCUT2D eigenvalue weighted by atomic mass is 16.2. The van der Waals surface area contributed by atoms with Crippen molar-refractivity contribution in [2.75, 3.05) is 19.6 Å². The summed E-state index contributed by atoms with van der Waals surface area (Å²) in [6, 6.07) is 9.79. The number of fused-ring (bicyclic) bond motifs is 2. The minimum absolute atomic E-state index is 0.219. The normalized spacial score (nSPS) is 31.9. The number of nitrogens with zero attached hydrogens (tertiary/aromatic N) is 4. The number of piperidine rings is 3. The SMILES string of the molecule is Cc1ccc([C@H]2CN(C(=O)Cn3cc(C)cn3)[C@@H]3C4CCN(CC4)[C@H]23)cc1. The molecular formula is C22H28N4O. The smallest absolute Gasteiger partial charge is 0.244 e. The molecule has 3 atom stereocenters. The molecule has 0 N–H and O–H groups in total. The zero-order valence-corrected chi connectivity index (χ0v) is 16.2. The average molecular weight is 364 g/mol. The minimum atomic E-state index is 0.219. The van der Waals surface area contributed by atoms with Crippen LogP contribution in [0.3, 0.4) is 0 Å². The second-order valence-electron chi connectivity index (χ2n) is 8.63. The fourth-order valence-electron chi connectivity index (χ4n) is 5.59. The summed E-state index contributed by atoms with van der Waals surface area (Å²) < 4.78 is 1.78. The van der Waals surface area contributed by atoms with Crippen molar-refractivity contribution in [1.29, 1.82) is 0 Å². The van der Waals surface area contributed by atoms with Crippen LogP contribution in [0.25, 0.3) is 0 Å². The summed E-state index contributed by atoms with van der Waals surface area (Å²) >= 11 is 0. The van der Waals surface area contributed by atoms with E-state index in [1.165, 1.54) is 37.1 Å². The third-order valence-corrected chi connectivity index (χ3v) is 6.88. The molecule has 6 rings (SSSR count). The fourth-order valence-corrected chi connectivity index (χ4v) is 5.59. The Morgan fingerprint density at radius 2 is 1.81 bits per heavy atom. The maximum atomic E-state index is 13.2. The summed E-state index contributed by atoms with van der Waals surface area (Å²) in [7, 11) is 0. The third-order valence-electron chi connectivity index (χ3n) is 6.88. The van der Waals surface area contributed by atoms with Gasteiger partial charge in [0.05, 0.1) is 12.2 Å². The molecule has 0 spiro atoms. The summed E-state index contributed by atoms with van der Waals surface area (Å²) in [6.07, 6.45) is 6.24. The monoisotopic (exact) mass is 364 g/mol. The highest BCUT2D eigenvalue weighted by Crippen LogP contribution is 2.46. The molecule has 2 aromatic rings. The summed E-state index contributed by atoms with van der Waals surface area (Å²) in [6.45, 7) is 7.72. The lowest BCUT2D eigenvalue weighted by Crippen LogP contribution is -2.61. The highest BCUT2D eigenvalue weighted by molar-refractivity contribution is 5.77. The molecule has 0 radical (unpaired) electrons. The number of amides is 1. The van der Waals surface area contributed by atoms with Crippen molar-refractivity contribution < 1.29 is 4.79 Å². The van der Waals surface area contributed by atoms with Crippen molar-refractivity contribution in [2.45, 2.75) is 51.2 Å². The second kappa shape index (κ2) is 6.48. The first-order valence-corrected chi connectivity index (χ1v) is 10.2. The molecule has 5 heterocycles. The Labute approximate surface area is 161 Å². The van der Waals surface area contributed by atoms with Crippen molar-refractivity contribution in [3.8, 4) is 0 Å². The van der Waals surface area contributed by atoms with Crippen molar-refractivity contribution >= 4 is 5.91 Å². The van der Waals surface area contributed by atoms with Gasteiger partial charge in [-0.1, -0.05) is 29.8 Å². The van der Waals surface area contributed by atoms with Crippen LogP contribution in [0.1, 0.15) is 35.4 Å². The summed E-state index contributed by atoms with van der Waals surface area (Å²) in [5.41, 5.74) is 3.77. The molecule has 1 aromatic heterocycles. The lowest BCUT2D eigenvalue weighted by atomic mass is 9.75. The fraction of sp³-hybridized carbons (Fsp3) is 0.545. The van der Waals surface area contributed by atoms with Crippen LogP contribution < -0.4 is 0 Å². The van der Waals surface area contributed by atoms with Gasteiger partial charge in [-0.25, -0.2) is 0 Å². The Morgan fingerprint density at radius 1 is 1.07 bits per heavy atom. The van der Waals surface area contributed by atoms with E-state index in [-0.39, 0.29) is 5.91 Å². The predicted molar refractivity (Wildman–Crippen MR) is 104 cm³/mol. The molecule has 4 fully saturated rings. The largest absolute Gasteiger partial charge is 0.336 e. The van der Waals surface area contributed by atoms with Gasteiger partial charge in [0, 0.05) is 24.7 Å². The average Bonchev–Trinajstić information content (AvgIpc) is 3.28. The van der Waals surface area contributed by atoms with Gasteiger partial charge in [-0.15, -0.1) is 0 Å². The van der Waals surface area contributed by atoms with Crippen LogP contribution in [0.4, 0.5) is 0 Å². The van der Waals surface area contributed by atoms with E-state index in [2.05, 4.69) is 46.1 Å². The minimum Gasteiger partial charge on any atom is -0.336 e. The van der Waals surface area contributed by atoms with Gasteiger partial charge in [0.25, 0.3) is 0 Å². The molecule has 27 heavy (non-hydrogen) atoms. The van der Waals surface area contributed by atoms with Gasteiger partial charge < -0.3 is 4.90 Å². The number of likely N-dealkylation sites (tertiary alicyclic amines) is 1. The Kier molecular flexibility index (Phi) is 4.08. The van der Waals surface area contributed by atoms with E-state index in [9.17, 15) is 4.79 Å². The first kappa shape index (κ1) is 17.0. The van der Waals surface area contributed by atoms with E-state index in [1.54, 1.807) is 4.68 Å². The molecule has 4 aliphatic heterocycles. The standard InChI is InChI=1S/C22H28N4O/c1-15-3-5-17(6-4-15)19-13-26(20(27)14-25-12-16(2)11-23-25)21-18-7-9-24(10-8-18)22(19)21/h3-6,11-12,18-19,21-22H,7-10,13-14H2,1-2H3/t19-,21-,22-/m1/s1. The zero-order valence-electron chi connectivity index (χ0n) is 16.2. The quantitative estimate of drug-likeness (QED) is 0.841. The highest BCUT2D eigenvalue weighted by Gasteiger charge is 2.54. The molecule has 5 nitrogen and oxygen atoms in total. The molecule has 5 heteroatoms. The van der Waals surface area contributed by atoms with Crippen molar-refractivity contribution in [2.24, 2.45) is 5.92 Å². The van der Waals surface area contributed by atoms with Crippen molar-refractivity contribution in [3.05, 3.63) is 53.3 Å². The van der Waals surface area contributed by atoms with Crippen LogP contribution in [-0.2, 0) is 11.3 Å². The summed E-state index contributed by atoms with van der Waals surface area (Å²) in [5.74, 6) is 1.29. The molecule has 1 aromatic carbocycles. The maximum absolute atomic E-state index is 13.2. The molecule has 0 saturated carbocycles. The topological polar surface area (TPSA) is 41.4 Å². The number of rotatable bonds is 3. The van der Waals surface area contributed by atoms with E-state index < -0.39 is 0 Å². The summed E-state index contributed by atoms with van der Waals surface area (Å²) in [5, 5.41) is 4.32. The molecule has 0 aliphatic carbocycles. The van der Waals surface area contributed by atoms with Gasteiger partial charge in [0.2, 0.25) is 5.91 Å². The van der Waals surface area contributed by atoms with E-state index >= 15 is 0 Å². The van der Waals surface area contributed by atoms with Crippen LogP contribution in [0.15, 0.2) is 36.7 Å². The Bertz CT molecular complexity index is 834. The lowest BCUT2D eigenvalue weighted by molar-refractivity contribution is -0.136. The lowest BCUT2D eigenvalue weighted by Gasteiger charge is -2.51. The number of carbonyl (C=O) groups excluding carboxylic acids is 1. The molecular weight excluding hydrogens is 336 g/mol. The van der Waals surface area contributed by atoms with Gasteiger partial charge >= 0.3 is 0 Å². The first-order valence-electron chi connectivity index (χ1n) is 10.2. The number of aromatic nitrogens is 2. The van der Waals surface area contributed by atoms with Gasteiger partial charge in [-0.05, 0) is 56.8 Å². The number of benzene rings is 1. The maximum Gasteiger partial charge on any atom is 0.244 e. The molecule has 142 valence electrons. The van der Waals surface area contributed by atoms with Gasteiger partial charge in [0.1, 0.15) is 6.54 Å².